The molecule has 6 heteroatoms. The number of rotatable bonds is 6. The first-order valence-electron chi connectivity index (χ1n) is 11.9. The van der Waals surface area contributed by atoms with E-state index < -0.39 is 11.5 Å². The molecule has 1 aliphatic heterocycles. The summed E-state index contributed by atoms with van der Waals surface area (Å²) >= 11 is 0. The zero-order chi connectivity index (χ0) is 24.4. The minimum Gasteiger partial charge on any atom is -0.422 e. The Kier molecular flexibility index (Phi) is 6.38. The Balaban J connectivity index is 1.40. The smallest absolute Gasteiger partial charge is 0.349 e. The summed E-state index contributed by atoms with van der Waals surface area (Å²) in [6.07, 6.45) is 0.963. The second-order valence-electron chi connectivity index (χ2n) is 9.19. The lowest BCUT2D eigenvalue weighted by Crippen LogP contribution is -2.41. The van der Waals surface area contributed by atoms with Crippen LogP contribution in [0.25, 0.3) is 11.0 Å². The molecule has 5 rings (SSSR count). The van der Waals surface area contributed by atoms with Crippen LogP contribution in [0.15, 0.2) is 88.1 Å². The molecule has 1 aliphatic rings. The molecule has 1 unspecified atom stereocenters. The number of hydrogen-bond acceptors (Lipinski definition) is 5. The Morgan fingerprint density at radius 1 is 1.00 bits per heavy atom. The van der Waals surface area contributed by atoms with Crippen LogP contribution >= 0.6 is 0 Å². The Hall–Kier alpha value is -3.90. The summed E-state index contributed by atoms with van der Waals surface area (Å²) in [7, 11) is 4.03. The number of hydrogen-bond donors (Lipinski definition) is 1. The molecule has 0 saturated heterocycles. The van der Waals surface area contributed by atoms with E-state index in [-0.39, 0.29) is 11.6 Å². The number of benzene rings is 3. The Bertz CT molecular complexity index is 1410. The lowest BCUT2D eigenvalue weighted by Gasteiger charge is -2.36. The number of carbonyl (C=O) groups is 1. The molecule has 0 aliphatic carbocycles. The van der Waals surface area contributed by atoms with Crippen molar-refractivity contribution in [1.82, 2.24) is 10.2 Å². The van der Waals surface area contributed by atoms with E-state index in [1.165, 1.54) is 11.1 Å². The summed E-state index contributed by atoms with van der Waals surface area (Å²) in [4.78, 5) is 30.0. The standard InChI is InChI=1S/C29H29N3O3/c1-31(2)24-13-11-21(12-14-24)26(32-16-15-20-7-3-4-9-23(20)19-32)18-30-28(33)25-17-22-8-5-6-10-27(22)35-29(25)34/h3-14,17,26H,15-16,18-19H2,1-2H3,(H,30,33). The molecule has 0 radical (unpaired) electrons. The maximum absolute atomic E-state index is 13.1. The van der Waals surface area contributed by atoms with Crippen molar-refractivity contribution in [3.05, 3.63) is 112 Å². The van der Waals surface area contributed by atoms with E-state index in [9.17, 15) is 9.59 Å². The largest absolute Gasteiger partial charge is 0.422 e. The summed E-state index contributed by atoms with van der Waals surface area (Å²) in [6.45, 7) is 2.09. The van der Waals surface area contributed by atoms with Gasteiger partial charge in [-0.2, -0.15) is 0 Å². The first-order valence-corrected chi connectivity index (χ1v) is 11.9. The van der Waals surface area contributed by atoms with E-state index in [4.69, 9.17) is 4.42 Å². The molecule has 1 atom stereocenters. The van der Waals surface area contributed by atoms with Gasteiger partial charge in [0.25, 0.3) is 5.91 Å². The third-order valence-corrected chi connectivity index (χ3v) is 6.74. The van der Waals surface area contributed by atoms with Crippen LogP contribution in [0.1, 0.15) is 33.1 Å². The van der Waals surface area contributed by atoms with Gasteiger partial charge in [0.15, 0.2) is 0 Å². The minimum absolute atomic E-state index is 0.0226. The fraction of sp³-hybridized carbons (Fsp3) is 0.241. The molecule has 0 bridgehead atoms. The van der Waals surface area contributed by atoms with Crippen molar-refractivity contribution in [2.24, 2.45) is 0 Å². The SMILES string of the molecule is CN(C)c1ccc(C(CNC(=O)c2cc3ccccc3oc2=O)N2CCc3ccccc3C2)cc1. The number of nitrogens with one attached hydrogen (secondary N) is 1. The van der Waals surface area contributed by atoms with Crippen LogP contribution in [0.3, 0.4) is 0 Å². The van der Waals surface area contributed by atoms with E-state index in [1.54, 1.807) is 18.2 Å². The van der Waals surface area contributed by atoms with Crippen molar-refractivity contribution in [2.45, 2.75) is 19.0 Å². The Morgan fingerprint density at radius 2 is 1.71 bits per heavy atom. The van der Waals surface area contributed by atoms with Crippen molar-refractivity contribution >= 4 is 22.6 Å². The van der Waals surface area contributed by atoms with Crippen LogP contribution in [-0.2, 0) is 13.0 Å². The van der Waals surface area contributed by atoms with Gasteiger partial charge in [-0.3, -0.25) is 9.69 Å². The lowest BCUT2D eigenvalue weighted by atomic mass is 9.96. The molecular formula is C29H29N3O3. The van der Waals surface area contributed by atoms with Gasteiger partial charge >= 0.3 is 5.63 Å². The molecule has 1 N–H and O–H groups in total. The van der Waals surface area contributed by atoms with E-state index in [2.05, 4.69) is 63.6 Å². The van der Waals surface area contributed by atoms with Gasteiger partial charge in [-0.25, -0.2) is 4.79 Å². The van der Waals surface area contributed by atoms with Crippen molar-refractivity contribution in [1.29, 1.82) is 0 Å². The van der Waals surface area contributed by atoms with Crippen LogP contribution in [0.4, 0.5) is 5.69 Å². The number of amides is 1. The van der Waals surface area contributed by atoms with Gasteiger partial charge in [0.1, 0.15) is 11.1 Å². The second-order valence-corrected chi connectivity index (χ2v) is 9.19. The van der Waals surface area contributed by atoms with Crippen LogP contribution in [-0.4, -0.2) is 38.0 Å². The molecule has 0 spiro atoms. The molecule has 3 aromatic carbocycles. The number of anilines is 1. The highest BCUT2D eigenvalue weighted by atomic mass is 16.4. The zero-order valence-corrected chi connectivity index (χ0v) is 20.0. The quantitative estimate of drug-likeness (QED) is 0.426. The highest BCUT2D eigenvalue weighted by molar-refractivity contribution is 5.96. The molecular weight excluding hydrogens is 438 g/mol. The maximum atomic E-state index is 13.1. The molecule has 4 aromatic rings. The van der Waals surface area contributed by atoms with Crippen molar-refractivity contribution in [3.63, 3.8) is 0 Å². The summed E-state index contributed by atoms with van der Waals surface area (Å²) in [5.41, 5.74) is 4.81. The first-order chi connectivity index (χ1) is 17.0. The lowest BCUT2D eigenvalue weighted by molar-refractivity contribution is 0.0924. The summed E-state index contributed by atoms with van der Waals surface area (Å²) in [6, 6.07) is 25.7. The highest BCUT2D eigenvalue weighted by Crippen LogP contribution is 2.29. The van der Waals surface area contributed by atoms with Crippen LogP contribution < -0.4 is 15.8 Å². The monoisotopic (exact) mass is 467 g/mol. The number of nitrogens with zero attached hydrogens (tertiary/aromatic N) is 2. The average molecular weight is 468 g/mol. The van der Waals surface area contributed by atoms with Gasteiger partial charge < -0.3 is 14.6 Å². The van der Waals surface area contributed by atoms with Gasteiger partial charge in [0.05, 0.1) is 6.04 Å². The summed E-state index contributed by atoms with van der Waals surface area (Å²) in [5.74, 6) is -0.420. The average Bonchev–Trinajstić information content (AvgIpc) is 2.88. The van der Waals surface area contributed by atoms with Crippen LogP contribution in [0.2, 0.25) is 0 Å². The van der Waals surface area contributed by atoms with Gasteiger partial charge in [0, 0.05) is 44.8 Å². The molecule has 35 heavy (non-hydrogen) atoms. The summed E-state index contributed by atoms with van der Waals surface area (Å²) in [5, 5.41) is 3.73. The van der Waals surface area contributed by atoms with Gasteiger partial charge in [-0.1, -0.05) is 54.6 Å². The highest BCUT2D eigenvalue weighted by Gasteiger charge is 2.26. The molecule has 6 nitrogen and oxygen atoms in total. The number of carbonyl (C=O) groups excluding carboxylic acids is 1. The normalized spacial score (nSPS) is 14.3. The van der Waals surface area contributed by atoms with Gasteiger partial charge in [-0.15, -0.1) is 0 Å². The molecule has 0 fully saturated rings. The summed E-state index contributed by atoms with van der Waals surface area (Å²) < 4.78 is 5.36. The zero-order valence-electron chi connectivity index (χ0n) is 20.0. The van der Waals surface area contributed by atoms with Crippen molar-refractivity contribution in [3.8, 4) is 0 Å². The van der Waals surface area contributed by atoms with Crippen LogP contribution in [0, 0.1) is 0 Å². The topological polar surface area (TPSA) is 65.8 Å². The van der Waals surface area contributed by atoms with Crippen molar-refractivity contribution in [2.75, 3.05) is 32.1 Å². The Labute approximate surface area is 204 Å². The molecule has 178 valence electrons. The number of para-hydroxylation sites is 1. The van der Waals surface area contributed by atoms with Gasteiger partial charge in [-0.05, 0) is 47.4 Å². The predicted molar refractivity (Wildman–Crippen MR) is 139 cm³/mol. The van der Waals surface area contributed by atoms with E-state index in [1.807, 2.05) is 26.2 Å². The minimum atomic E-state index is -0.625. The van der Waals surface area contributed by atoms with Crippen molar-refractivity contribution < 1.29 is 9.21 Å². The Morgan fingerprint density at radius 3 is 2.49 bits per heavy atom. The molecule has 1 amide bonds. The number of fused-ring (bicyclic) bond motifs is 2. The van der Waals surface area contributed by atoms with E-state index in [0.29, 0.717) is 12.1 Å². The fourth-order valence-corrected chi connectivity index (χ4v) is 4.74. The van der Waals surface area contributed by atoms with E-state index in [0.717, 1.165) is 36.1 Å². The molecule has 0 saturated carbocycles. The maximum Gasteiger partial charge on any atom is 0.349 e. The fourth-order valence-electron chi connectivity index (χ4n) is 4.74. The predicted octanol–water partition coefficient (Wildman–Crippen LogP) is 4.39. The van der Waals surface area contributed by atoms with Crippen LogP contribution in [0.5, 0.6) is 0 Å². The molecule has 2 heterocycles. The van der Waals surface area contributed by atoms with E-state index >= 15 is 0 Å². The molecule has 1 aromatic heterocycles. The third kappa shape index (κ3) is 4.84. The second kappa shape index (κ2) is 9.76. The third-order valence-electron chi connectivity index (χ3n) is 6.74. The first kappa shape index (κ1) is 22.9. The van der Waals surface area contributed by atoms with Gasteiger partial charge in [0.2, 0.25) is 0 Å².